The number of furan rings is 1. The van der Waals surface area contributed by atoms with Gasteiger partial charge in [0, 0.05) is 6.54 Å². The molecule has 2 aromatic heterocycles. The van der Waals surface area contributed by atoms with Crippen LogP contribution in [0.25, 0.3) is 11.7 Å². The molecule has 0 bridgehead atoms. The molecule has 0 radical (unpaired) electrons. The van der Waals surface area contributed by atoms with Gasteiger partial charge >= 0.3 is 0 Å². The van der Waals surface area contributed by atoms with Gasteiger partial charge in [-0.25, -0.2) is 0 Å². The lowest BCUT2D eigenvalue weighted by molar-refractivity contribution is 0.192. The van der Waals surface area contributed by atoms with E-state index in [0.717, 1.165) is 32.1 Å². The minimum absolute atomic E-state index is 0.452. The van der Waals surface area contributed by atoms with E-state index in [2.05, 4.69) is 27.3 Å². The highest BCUT2D eigenvalue weighted by Crippen LogP contribution is 2.19. The van der Waals surface area contributed by atoms with Crippen LogP contribution in [0.15, 0.2) is 27.2 Å². The summed E-state index contributed by atoms with van der Waals surface area (Å²) in [6.07, 6.45) is 4.10. The second-order valence-electron chi connectivity index (χ2n) is 5.50. The molecule has 1 N–H and O–H groups in total. The molecule has 0 spiro atoms. The van der Waals surface area contributed by atoms with Crippen molar-refractivity contribution in [3.05, 3.63) is 24.3 Å². The van der Waals surface area contributed by atoms with Gasteiger partial charge in [0.15, 0.2) is 5.76 Å². The molecule has 0 aliphatic carbocycles. The number of nitrogens with one attached hydrogen (secondary N) is 1. The lowest BCUT2D eigenvalue weighted by Crippen LogP contribution is -2.36. The topological polar surface area (TPSA) is 67.3 Å². The van der Waals surface area contributed by atoms with E-state index in [4.69, 9.17) is 8.83 Å². The third-order valence-corrected chi connectivity index (χ3v) is 3.98. The van der Waals surface area contributed by atoms with Crippen LogP contribution in [0.4, 0.5) is 0 Å². The van der Waals surface area contributed by atoms with Crippen LogP contribution in [0.2, 0.25) is 0 Å². The first-order valence-corrected chi connectivity index (χ1v) is 7.64. The third-order valence-electron chi connectivity index (χ3n) is 3.98. The molecule has 6 nitrogen and oxygen atoms in total. The van der Waals surface area contributed by atoms with Crippen molar-refractivity contribution in [3.8, 4) is 11.7 Å². The van der Waals surface area contributed by atoms with Crippen molar-refractivity contribution >= 4 is 0 Å². The zero-order valence-corrected chi connectivity index (χ0v) is 12.4. The molecule has 1 saturated heterocycles. The molecule has 0 aromatic carbocycles. The summed E-state index contributed by atoms with van der Waals surface area (Å²) in [5, 5.41) is 11.6. The standard InChI is InChI=1S/C15H22N4O2/c1-2-19(10-12-5-7-16-8-6-12)11-14-17-18-15(21-14)13-4-3-9-20-13/h3-4,9,12,16H,2,5-8,10-11H2,1H3. The summed E-state index contributed by atoms with van der Waals surface area (Å²) in [6, 6.07) is 3.64. The molecule has 21 heavy (non-hydrogen) atoms. The van der Waals surface area contributed by atoms with Gasteiger partial charge in [-0.2, -0.15) is 0 Å². The fraction of sp³-hybridized carbons (Fsp3) is 0.600. The Morgan fingerprint density at radius 3 is 2.90 bits per heavy atom. The van der Waals surface area contributed by atoms with Crippen molar-refractivity contribution in [2.45, 2.75) is 26.3 Å². The van der Waals surface area contributed by atoms with Crippen LogP contribution in [-0.2, 0) is 6.54 Å². The molecule has 0 saturated carbocycles. The summed E-state index contributed by atoms with van der Waals surface area (Å²) in [7, 11) is 0. The van der Waals surface area contributed by atoms with E-state index in [9.17, 15) is 0 Å². The van der Waals surface area contributed by atoms with Gasteiger partial charge in [0.2, 0.25) is 5.89 Å². The van der Waals surface area contributed by atoms with Crippen molar-refractivity contribution in [1.82, 2.24) is 20.4 Å². The largest absolute Gasteiger partial charge is 0.459 e. The second kappa shape index (κ2) is 6.87. The average Bonchev–Trinajstić information content (AvgIpc) is 3.18. The molecule has 1 fully saturated rings. The van der Waals surface area contributed by atoms with Gasteiger partial charge < -0.3 is 14.2 Å². The second-order valence-corrected chi connectivity index (χ2v) is 5.50. The Morgan fingerprint density at radius 1 is 1.33 bits per heavy atom. The molecule has 0 unspecified atom stereocenters. The summed E-state index contributed by atoms with van der Waals surface area (Å²) in [5.41, 5.74) is 0. The van der Waals surface area contributed by atoms with E-state index in [1.807, 2.05) is 12.1 Å². The minimum Gasteiger partial charge on any atom is -0.459 e. The summed E-state index contributed by atoms with van der Waals surface area (Å²) in [4.78, 5) is 2.37. The van der Waals surface area contributed by atoms with E-state index in [1.165, 1.54) is 12.8 Å². The first kappa shape index (κ1) is 14.3. The van der Waals surface area contributed by atoms with Gasteiger partial charge in [-0.05, 0) is 50.5 Å². The van der Waals surface area contributed by atoms with E-state index < -0.39 is 0 Å². The molecule has 3 rings (SSSR count). The van der Waals surface area contributed by atoms with E-state index in [0.29, 0.717) is 24.1 Å². The lowest BCUT2D eigenvalue weighted by atomic mass is 9.97. The van der Waals surface area contributed by atoms with Crippen LogP contribution in [0, 0.1) is 5.92 Å². The highest BCUT2D eigenvalue weighted by atomic mass is 16.4. The summed E-state index contributed by atoms with van der Waals surface area (Å²) in [6.45, 7) is 7.22. The van der Waals surface area contributed by atoms with Gasteiger partial charge in [-0.1, -0.05) is 6.92 Å². The first-order chi connectivity index (χ1) is 10.3. The normalized spacial score (nSPS) is 16.7. The summed E-state index contributed by atoms with van der Waals surface area (Å²) in [5.74, 6) is 2.49. The molecular weight excluding hydrogens is 268 g/mol. The van der Waals surface area contributed by atoms with Crippen LogP contribution in [-0.4, -0.2) is 41.3 Å². The highest BCUT2D eigenvalue weighted by molar-refractivity contribution is 5.42. The minimum atomic E-state index is 0.452. The van der Waals surface area contributed by atoms with E-state index >= 15 is 0 Å². The monoisotopic (exact) mass is 290 g/mol. The number of piperidine rings is 1. The van der Waals surface area contributed by atoms with E-state index in [-0.39, 0.29) is 0 Å². The van der Waals surface area contributed by atoms with Crippen LogP contribution >= 0.6 is 0 Å². The fourth-order valence-electron chi connectivity index (χ4n) is 2.74. The molecule has 0 atom stereocenters. The Kier molecular flexibility index (Phi) is 4.67. The lowest BCUT2D eigenvalue weighted by Gasteiger charge is -2.28. The summed E-state index contributed by atoms with van der Waals surface area (Å²) < 4.78 is 10.9. The molecule has 1 aliphatic heterocycles. The van der Waals surface area contributed by atoms with Gasteiger partial charge in [-0.3, -0.25) is 4.90 Å². The van der Waals surface area contributed by atoms with Gasteiger partial charge in [0.05, 0.1) is 12.8 Å². The average molecular weight is 290 g/mol. The Hall–Kier alpha value is -1.66. The zero-order valence-electron chi connectivity index (χ0n) is 12.4. The maximum absolute atomic E-state index is 5.68. The number of aromatic nitrogens is 2. The number of nitrogens with zero attached hydrogens (tertiary/aromatic N) is 3. The van der Waals surface area contributed by atoms with Crippen molar-refractivity contribution in [1.29, 1.82) is 0 Å². The number of hydrogen-bond acceptors (Lipinski definition) is 6. The van der Waals surface area contributed by atoms with Crippen molar-refractivity contribution < 1.29 is 8.83 Å². The predicted molar refractivity (Wildman–Crippen MR) is 78.5 cm³/mol. The smallest absolute Gasteiger partial charge is 0.283 e. The van der Waals surface area contributed by atoms with Crippen molar-refractivity contribution in [2.24, 2.45) is 5.92 Å². The fourth-order valence-corrected chi connectivity index (χ4v) is 2.74. The molecule has 0 amide bonds. The quantitative estimate of drug-likeness (QED) is 0.879. The van der Waals surface area contributed by atoms with Crippen molar-refractivity contribution in [3.63, 3.8) is 0 Å². The molecule has 6 heteroatoms. The van der Waals surface area contributed by atoms with Crippen molar-refractivity contribution in [2.75, 3.05) is 26.2 Å². The maximum Gasteiger partial charge on any atom is 0.283 e. The van der Waals surface area contributed by atoms with Crippen LogP contribution in [0.5, 0.6) is 0 Å². The maximum atomic E-state index is 5.68. The molecular formula is C15H22N4O2. The van der Waals surface area contributed by atoms with Gasteiger partial charge in [0.1, 0.15) is 0 Å². The molecule has 1 aliphatic rings. The third kappa shape index (κ3) is 3.71. The van der Waals surface area contributed by atoms with Crippen LogP contribution in [0.1, 0.15) is 25.7 Å². The Bertz CT molecular complexity index is 532. The number of hydrogen-bond donors (Lipinski definition) is 1. The first-order valence-electron chi connectivity index (χ1n) is 7.64. The Morgan fingerprint density at radius 2 is 2.19 bits per heavy atom. The van der Waals surface area contributed by atoms with E-state index in [1.54, 1.807) is 6.26 Å². The Balaban J connectivity index is 1.58. The van der Waals surface area contributed by atoms with Gasteiger partial charge in [0.25, 0.3) is 5.89 Å². The molecule has 114 valence electrons. The zero-order chi connectivity index (χ0) is 14.5. The van der Waals surface area contributed by atoms with Crippen LogP contribution < -0.4 is 5.32 Å². The highest BCUT2D eigenvalue weighted by Gasteiger charge is 2.18. The summed E-state index contributed by atoms with van der Waals surface area (Å²) >= 11 is 0. The predicted octanol–water partition coefficient (Wildman–Crippen LogP) is 2.15. The number of rotatable bonds is 6. The molecule has 2 aromatic rings. The SMILES string of the molecule is CCN(Cc1nnc(-c2ccco2)o1)CC1CCNCC1. The Labute approximate surface area is 124 Å². The molecule has 3 heterocycles. The van der Waals surface area contributed by atoms with Gasteiger partial charge in [-0.15, -0.1) is 10.2 Å². The van der Waals surface area contributed by atoms with Crippen LogP contribution in [0.3, 0.4) is 0 Å².